The highest BCUT2D eigenvalue weighted by atomic mass is 15.3. The Hall–Kier alpha value is -1.12. The van der Waals surface area contributed by atoms with Gasteiger partial charge in [-0.3, -0.25) is 0 Å². The van der Waals surface area contributed by atoms with Crippen molar-refractivity contribution >= 4 is 5.95 Å². The second kappa shape index (κ2) is 3.47. The molecule has 1 aliphatic carbocycles. The summed E-state index contributed by atoms with van der Waals surface area (Å²) in [4.78, 5) is 11.7. The van der Waals surface area contributed by atoms with Crippen molar-refractivity contribution in [3.63, 3.8) is 0 Å². The summed E-state index contributed by atoms with van der Waals surface area (Å²) < 4.78 is 0. The van der Waals surface area contributed by atoms with Gasteiger partial charge in [-0.1, -0.05) is 0 Å². The summed E-state index contributed by atoms with van der Waals surface area (Å²) in [7, 11) is 0. The fourth-order valence-electron chi connectivity index (χ4n) is 2.66. The molecule has 0 atom stereocenters. The van der Waals surface area contributed by atoms with Gasteiger partial charge in [0.1, 0.15) is 0 Å². The molecular weight excluding hydrogens is 186 g/mol. The van der Waals surface area contributed by atoms with E-state index in [4.69, 9.17) is 4.98 Å². The Balaban J connectivity index is 1.99. The fraction of sp³-hybridized carbons (Fsp3) is 0.667. The molecule has 1 aliphatic heterocycles. The minimum Gasteiger partial charge on any atom is -0.341 e. The molecular formula is C12H17N3. The molecule has 0 unspecified atom stereocenters. The minimum atomic E-state index is 0.977. The van der Waals surface area contributed by atoms with Crippen molar-refractivity contribution in [2.75, 3.05) is 18.0 Å². The zero-order valence-electron chi connectivity index (χ0n) is 9.29. The van der Waals surface area contributed by atoms with Crippen molar-refractivity contribution in [2.24, 2.45) is 0 Å². The summed E-state index contributed by atoms with van der Waals surface area (Å²) in [6, 6.07) is 0. The van der Waals surface area contributed by atoms with Gasteiger partial charge in [-0.2, -0.15) is 0 Å². The number of rotatable bonds is 1. The van der Waals surface area contributed by atoms with Crippen LogP contribution in [0.15, 0.2) is 0 Å². The molecule has 0 saturated carbocycles. The van der Waals surface area contributed by atoms with Crippen LogP contribution in [-0.2, 0) is 12.8 Å². The monoisotopic (exact) mass is 203 g/mol. The van der Waals surface area contributed by atoms with Crippen molar-refractivity contribution in [3.05, 3.63) is 17.0 Å². The van der Waals surface area contributed by atoms with Gasteiger partial charge in [0.05, 0.1) is 0 Å². The molecule has 1 aromatic heterocycles. The van der Waals surface area contributed by atoms with Crippen LogP contribution in [0.1, 0.15) is 36.2 Å². The van der Waals surface area contributed by atoms with E-state index in [2.05, 4.69) is 16.8 Å². The van der Waals surface area contributed by atoms with E-state index in [-0.39, 0.29) is 0 Å². The molecule has 0 aromatic carbocycles. The van der Waals surface area contributed by atoms with Crippen molar-refractivity contribution in [3.8, 4) is 0 Å². The third kappa shape index (κ3) is 1.50. The van der Waals surface area contributed by atoms with Gasteiger partial charge in [0, 0.05) is 24.5 Å². The molecule has 1 saturated heterocycles. The Bertz CT molecular complexity index is 381. The van der Waals surface area contributed by atoms with E-state index in [0.717, 1.165) is 25.5 Å². The average molecular weight is 203 g/mol. The lowest BCUT2D eigenvalue weighted by atomic mass is 10.2. The molecule has 1 fully saturated rings. The van der Waals surface area contributed by atoms with E-state index in [9.17, 15) is 0 Å². The first-order chi connectivity index (χ1) is 7.34. The van der Waals surface area contributed by atoms with Gasteiger partial charge in [0.25, 0.3) is 0 Å². The highest BCUT2D eigenvalue weighted by Crippen LogP contribution is 2.25. The summed E-state index contributed by atoms with van der Waals surface area (Å²) in [6.07, 6.45) is 6.17. The predicted octanol–water partition coefficient (Wildman–Crippen LogP) is 1.87. The molecule has 3 nitrogen and oxygen atoms in total. The van der Waals surface area contributed by atoms with Crippen LogP contribution in [0, 0.1) is 6.92 Å². The number of aryl methyl sites for hydroxylation is 2. The van der Waals surface area contributed by atoms with E-state index in [1.54, 1.807) is 0 Å². The van der Waals surface area contributed by atoms with Crippen molar-refractivity contribution in [1.29, 1.82) is 0 Å². The highest BCUT2D eigenvalue weighted by Gasteiger charge is 2.21. The summed E-state index contributed by atoms with van der Waals surface area (Å²) in [5.41, 5.74) is 3.93. The second-order valence-electron chi connectivity index (χ2n) is 4.58. The molecule has 15 heavy (non-hydrogen) atoms. The molecule has 2 heterocycles. The molecule has 80 valence electrons. The fourth-order valence-corrected chi connectivity index (χ4v) is 2.66. The summed E-state index contributed by atoms with van der Waals surface area (Å²) in [6.45, 7) is 4.40. The SMILES string of the molecule is Cc1nc(N2CCCC2)nc2c1CCC2. The van der Waals surface area contributed by atoms with Crippen LogP contribution in [0.2, 0.25) is 0 Å². The van der Waals surface area contributed by atoms with Gasteiger partial charge in [-0.25, -0.2) is 9.97 Å². The Kier molecular flexibility index (Phi) is 2.11. The first-order valence-corrected chi connectivity index (χ1v) is 5.96. The number of hydrogen-bond acceptors (Lipinski definition) is 3. The molecule has 0 N–H and O–H groups in total. The Morgan fingerprint density at radius 3 is 2.60 bits per heavy atom. The van der Waals surface area contributed by atoms with E-state index >= 15 is 0 Å². The number of aromatic nitrogens is 2. The maximum Gasteiger partial charge on any atom is 0.225 e. The zero-order valence-corrected chi connectivity index (χ0v) is 9.29. The van der Waals surface area contributed by atoms with Gasteiger partial charge in [0.15, 0.2) is 0 Å². The molecule has 3 heteroatoms. The topological polar surface area (TPSA) is 29.0 Å². The number of fused-ring (bicyclic) bond motifs is 1. The maximum atomic E-state index is 4.71. The first-order valence-electron chi connectivity index (χ1n) is 5.96. The number of anilines is 1. The quantitative estimate of drug-likeness (QED) is 0.697. The molecule has 0 amide bonds. The van der Waals surface area contributed by atoms with Gasteiger partial charge in [0.2, 0.25) is 5.95 Å². The van der Waals surface area contributed by atoms with Crippen LogP contribution in [0.4, 0.5) is 5.95 Å². The van der Waals surface area contributed by atoms with E-state index < -0.39 is 0 Å². The molecule has 0 radical (unpaired) electrons. The summed E-state index contributed by atoms with van der Waals surface area (Å²) >= 11 is 0. The van der Waals surface area contributed by atoms with Crippen LogP contribution in [0.25, 0.3) is 0 Å². The van der Waals surface area contributed by atoms with Crippen molar-refractivity contribution < 1.29 is 0 Å². The Labute approximate surface area is 90.5 Å². The molecule has 3 rings (SSSR count). The lowest BCUT2D eigenvalue weighted by Gasteiger charge is -2.16. The number of hydrogen-bond donors (Lipinski definition) is 0. The van der Waals surface area contributed by atoms with Gasteiger partial charge >= 0.3 is 0 Å². The highest BCUT2D eigenvalue weighted by molar-refractivity contribution is 5.39. The maximum absolute atomic E-state index is 4.71. The van der Waals surface area contributed by atoms with Crippen LogP contribution >= 0.6 is 0 Å². The van der Waals surface area contributed by atoms with E-state index in [0.29, 0.717) is 0 Å². The first kappa shape index (κ1) is 9.13. The molecule has 0 spiro atoms. The van der Waals surface area contributed by atoms with Crippen molar-refractivity contribution in [2.45, 2.75) is 39.0 Å². The van der Waals surface area contributed by atoms with Gasteiger partial charge in [-0.15, -0.1) is 0 Å². The van der Waals surface area contributed by atoms with E-state index in [1.165, 1.54) is 42.6 Å². The summed E-state index contributed by atoms with van der Waals surface area (Å²) in [5.74, 6) is 0.977. The molecule has 2 aliphatic rings. The van der Waals surface area contributed by atoms with Crippen LogP contribution in [0.5, 0.6) is 0 Å². The van der Waals surface area contributed by atoms with Gasteiger partial charge < -0.3 is 4.90 Å². The van der Waals surface area contributed by atoms with Crippen LogP contribution < -0.4 is 4.90 Å². The lowest BCUT2D eigenvalue weighted by Crippen LogP contribution is -2.21. The average Bonchev–Trinajstić information content (AvgIpc) is 2.88. The van der Waals surface area contributed by atoms with E-state index in [1.807, 2.05) is 0 Å². The van der Waals surface area contributed by atoms with Crippen LogP contribution in [0.3, 0.4) is 0 Å². The number of nitrogens with zero attached hydrogens (tertiary/aromatic N) is 3. The standard InChI is InChI=1S/C12H17N3/c1-9-10-5-4-6-11(10)14-12(13-9)15-7-2-3-8-15/h2-8H2,1H3. The normalized spacial score (nSPS) is 19.7. The Morgan fingerprint density at radius 1 is 1.00 bits per heavy atom. The molecule has 0 bridgehead atoms. The third-order valence-corrected chi connectivity index (χ3v) is 3.52. The smallest absolute Gasteiger partial charge is 0.225 e. The lowest BCUT2D eigenvalue weighted by molar-refractivity contribution is 0.865. The largest absolute Gasteiger partial charge is 0.341 e. The molecule has 1 aromatic rings. The predicted molar refractivity (Wildman–Crippen MR) is 60.2 cm³/mol. The Morgan fingerprint density at radius 2 is 1.80 bits per heavy atom. The van der Waals surface area contributed by atoms with Crippen molar-refractivity contribution in [1.82, 2.24) is 9.97 Å². The van der Waals surface area contributed by atoms with Gasteiger partial charge in [-0.05, 0) is 44.6 Å². The summed E-state index contributed by atoms with van der Waals surface area (Å²) in [5, 5.41) is 0. The second-order valence-corrected chi connectivity index (χ2v) is 4.58. The van der Waals surface area contributed by atoms with Crippen LogP contribution in [-0.4, -0.2) is 23.1 Å². The minimum absolute atomic E-state index is 0.977. The zero-order chi connectivity index (χ0) is 10.3. The third-order valence-electron chi connectivity index (χ3n) is 3.52.